The monoisotopic (exact) mass is 425 g/mol. The number of hydrogen-bond donors (Lipinski definition) is 1. The van der Waals surface area contributed by atoms with Crippen LogP contribution < -0.4 is 5.32 Å². The van der Waals surface area contributed by atoms with Crippen LogP contribution in [0.5, 0.6) is 0 Å². The molecule has 0 radical (unpaired) electrons. The first-order chi connectivity index (χ1) is 13.5. The van der Waals surface area contributed by atoms with Crippen LogP contribution in [0.4, 0.5) is 4.39 Å². The van der Waals surface area contributed by atoms with Gasteiger partial charge in [-0.1, -0.05) is 22.8 Å². The molecule has 2 aromatic rings. The molecule has 0 saturated carbocycles. The molecule has 0 spiro atoms. The van der Waals surface area contributed by atoms with Crippen LogP contribution in [0.15, 0.2) is 22.7 Å². The van der Waals surface area contributed by atoms with Gasteiger partial charge in [-0.3, -0.25) is 9.69 Å². The second-order valence-electron chi connectivity index (χ2n) is 6.99. The number of hydrogen-bond acceptors (Lipinski definition) is 5. The molecule has 1 aromatic carbocycles. The number of nitrogens with one attached hydrogen (secondary N) is 1. The zero-order chi connectivity index (χ0) is 20.1. The van der Waals surface area contributed by atoms with Gasteiger partial charge in [0.15, 0.2) is 0 Å². The number of carbonyl (C=O) groups excluding carboxylic acids is 1. The molecule has 3 rings (SSSR count). The van der Waals surface area contributed by atoms with Crippen molar-refractivity contribution in [3.8, 4) is 0 Å². The summed E-state index contributed by atoms with van der Waals surface area (Å²) in [6, 6.07) is 4.47. The first-order valence-electron chi connectivity index (χ1n) is 9.41. The number of rotatable bonds is 8. The maximum atomic E-state index is 14.5. The molecular formula is C20H25ClFN3O2S. The third kappa shape index (κ3) is 5.07. The van der Waals surface area contributed by atoms with Crippen molar-refractivity contribution in [2.24, 2.45) is 0 Å². The molecule has 1 aromatic heterocycles. The Morgan fingerprint density at radius 1 is 1.39 bits per heavy atom. The molecule has 1 aliphatic rings. The fourth-order valence-corrected chi connectivity index (χ4v) is 4.81. The van der Waals surface area contributed by atoms with Gasteiger partial charge in [-0.2, -0.15) is 0 Å². The summed E-state index contributed by atoms with van der Waals surface area (Å²) >= 11 is 7.80. The van der Waals surface area contributed by atoms with Gasteiger partial charge in [-0.15, -0.1) is 11.8 Å². The van der Waals surface area contributed by atoms with E-state index in [9.17, 15) is 9.18 Å². The molecule has 152 valence electrons. The Bertz CT molecular complexity index is 784. The summed E-state index contributed by atoms with van der Waals surface area (Å²) < 4.78 is 19.6. The van der Waals surface area contributed by atoms with Crippen LogP contribution in [0.3, 0.4) is 0 Å². The standard InChI is InChI=1S/C20H25ClFN3O2S/c1-13-15(14(2)27-24-13)11-28-12-19(26)23-10-18(25-8-3-4-9-25)20-16(21)6-5-7-17(20)22/h5-7,18H,3-4,8-12H2,1-2H3,(H,23,26). The normalized spacial score (nSPS) is 15.7. The minimum absolute atomic E-state index is 0.0755. The summed E-state index contributed by atoms with van der Waals surface area (Å²) in [6.45, 7) is 5.86. The molecule has 1 N–H and O–H groups in total. The number of benzene rings is 1. The smallest absolute Gasteiger partial charge is 0.230 e. The number of aryl methyl sites for hydroxylation is 2. The highest BCUT2D eigenvalue weighted by atomic mass is 35.5. The van der Waals surface area contributed by atoms with E-state index in [1.807, 2.05) is 13.8 Å². The van der Waals surface area contributed by atoms with Crippen LogP contribution in [0.1, 0.15) is 41.5 Å². The second-order valence-corrected chi connectivity index (χ2v) is 8.39. The fourth-order valence-electron chi connectivity index (χ4n) is 3.51. The van der Waals surface area contributed by atoms with Gasteiger partial charge in [-0.05, 0) is 51.9 Å². The average molecular weight is 426 g/mol. The molecule has 0 bridgehead atoms. The number of halogens is 2. The van der Waals surface area contributed by atoms with Gasteiger partial charge in [0.1, 0.15) is 11.6 Å². The molecule has 1 saturated heterocycles. The van der Waals surface area contributed by atoms with Crippen LogP contribution in [0.25, 0.3) is 0 Å². The second kappa shape index (κ2) is 9.76. The van der Waals surface area contributed by atoms with Crippen LogP contribution in [0, 0.1) is 19.7 Å². The molecular weight excluding hydrogens is 401 g/mol. The van der Waals surface area contributed by atoms with E-state index in [-0.39, 0.29) is 17.8 Å². The van der Waals surface area contributed by atoms with Crippen molar-refractivity contribution in [2.45, 2.75) is 38.5 Å². The average Bonchev–Trinajstić information content (AvgIpc) is 3.29. The van der Waals surface area contributed by atoms with Crippen LogP contribution in [-0.2, 0) is 10.5 Å². The highest BCUT2D eigenvalue weighted by Gasteiger charge is 2.28. The van der Waals surface area contributed by atoms with Gasteiger partial charge in [0, 0.05) is 28.4 Å². The van der Waals surface area contributed by atoms with Gasteiger partial charge in [0.25, 0.3) is 0 Å². The third-order valence-electron chi connectivity index (χ3n) is 5.07. The predicted molar refractivity (Wildman–Crippen MR) is 110 cm³/mol. The number of likely N-dealkylation sites (tertiary alicyclic amines) is 1. The van der Waals surface area contributed by atoms with Crippen molar-refractivity contribution >= 4 is 29.3 Å². The van der Waals surface area contributed by atoms with E-state index in [2.05, 4.69) is 15.4 Å². The number of thioether (sulfide) groups is 1. The lowest BCUT2D eigenvalue weighted by atomic mass is 10.0. The summed E-state index contributed by atoms with van der Waals surface area (Å²) in [5, 5.41) is 7.28. The van der Waals surface area contributed by atoms with Crippen molar-refractivity contribution in [2.75, 3.05) is 25.4 Å². The molecule has 2 heterocycles. The van der Waals surface area contributed by atoms with Crippen LogP contribution in [0.2, 0.25) is 5.02 Å². The summed E-state index contributed by atoms with van der Waals surface area (Å²) in [4.78, 5) is 14.5. The Kier molecular flexibility index (Phi) is 7.37. The van der Waals surface area contributed by atoms with E-state index in [4.69, 9.17) is 16.1 Å². The van der Waals surface area contributed by atoms with Crippen molar-refractivity contribution in [1.29, 1.82) is 0 Å². The molecule has 5 nitrogen and oxygen atoms in total. The number of amides is 1. The number of carbonyl (C=O) groups is 1. The predicted octanol–water partition coefficient (Wildman–Crippen LogP) is 4.27. The minimum Gasteiger partial charge on any atom is -0.361 e. The van der Waals surface area contributed by atoms with Gasteiger partial charge >= 0.3 is 0 Å². The largest absolute Gasteiger partial charge is 0.361 e. The van der Waals surface area contributed by atoms with E-state index < -0.39 is 0 Å². The Labute approximate surface area is 174 Å². The van der Waals surface area contributed by atoms with Gasteiger partial charge in [0.05, 0.1) is 17.5 Å². The summed E-state index contributed by atoms with van der Waals surface area (Å²) in [5.41, 5.74) is 2.36. The van der Waals surface area contributed by atoms with Crippen molar-refractivity contribution < 1.29 is 13.7 Å². The molecule has 1 atom stereocenters. The zero-order valence-electron chi connectivity index (χ0n) is 16.1. The quantitative estimate of drug-likeness (QED) is 0.684. The zero-order valence-corrected chi connectivity index (χ0v) is 17.7. The molecule has 0 aliphatic carbocycles. The Morgan fingerprint density at radius 2 is 2.14 bits per heavy atom. The Hall–Kier alpha value is -1.57. The first kappa shape index (κ1) is 21.1. The van der Waals surface area contributed by atoms with Gasteiger partial charge < -0.3 is 9.84 Å². The van der Waals surface area contributed by atoms with Crippen molar-refractivity contribution in [1.82, 2.24) is 15.4 Å². The molecule has 1 aliphatic heterocycles. The lowest BCUT2D eigenvalue weighted by molar-refractivity contribution is -0.118. The van der Waals surface area contributed by atoms with Gasteiger partial charge in [-0.25, -0.2) is 4.39 Å². The number of nitrogens with zero attached hydrogens (tertiary/aromatic N) is 2. The Morgan fingerprint density at radius 3 is 2.79 bits per heavy atom. The van der Waals surface area contributed by atoms with E-state index in [0.29, 0.717) is 28.6 Å². The van der Waals surface area contributed by atoms with Crippen molar-refractivity contribution in [3.63, 3.8) is 0 Å². The highest BCUT2D eigenvalue weighted by molar-refractivity contribution is 7.99. The topological polar surface area (TPSA) is 58.4 Å². The number of aromatic nitrogens is 1. The minimum atomic E-state index is -0.327. The van der Waals surface area contributed by atoms with Crippen molar-refractivity contribution in [3.05, 3.63) is 51.6 Å². The lowest BCUT2D eigenvalue weighted by Gasteiger charge is -2.29. The molecule has 28 heavy (non-hydrogen) atoms. The maximum Gasteiger partial charge on any atom is 0.230 e. The fraction of sp³-hybridized carbons (Fsp3) is 0.500. The molecule has 1 amide bonds. The van der Waals surface area contributed by atoms with E-state index in [1.165, 1.54) is 17.8 Å². The first-order valence-corrected chi connectivity index (χ1v) is 10.9. The van der Waals surface area contributed by atoms with Gasteiger partial charge in [0.2, 0.25) is 5.91 Å². The summed E-state index contributed by atoms with van der Waals surface area (Å²) in [5.74, 6) is 1.37. The van der Waals surface area contributed by atoms with E-state index >= 15 is 0 Å². The molecule has 1 unspecified atom stereocenters. The summed E-state index contributed by atoms with van der Waals surface area (Å²) in [6.07, 6.45) is 2.15. The van der Waals surface area contributed by atoms with Crippen LogP contribution in [-0.4, -0.2) is 41.4 Å². The van der Waals surface area contributed by atoms with E-state index in [0.717, 1.165) is 42.9 Å². The van der Waals surface area contributed by atoms with Crippen LogP contribution >= 0.6 is 23.4 Å². The maximum absolute atomic E-state index is 14.5. The highest BCUT2D eigenvalue weighted by Crippen LogP contribution is 2.32. The molecule has 1 fully saturated rings. The summed E-state index contributed by atoms with van der Waals surface area (Å²) in [7, 11) is 0. The molecule has 8 heteroatoms. The lowest BCUT2D eigenvalue weighted by Crippen LogP contribution is -2.38. The van der Waals surface area contributed by atoms with E-state index in [1.54, 1.807) is 12.1 Å². The SMILES string of the molecule is Cc1noc(C)c1CSCC(=O)NCC(c1c(F)cccc1Cl)N1CCCC1. The third-order valence-corrected chi connectivity index (χ3v) is 6.36. The Balaban J connectivity index is 1.58.